The molecule has 360 valence electrons. The monoisotopic (exact) mass is 956 g/mol. The van der Waals surface area contributed by atoms with Gasteiger partial charge in [-0.1, -0.05) is 48.2 Å². The summed E-state index contributed by atoms with van der Waals surface area (Å²) < 4.78 is 52.1. The molecule has 3 heterocycles. The molecule has 1 aliphatic carbocycles. The molecule has 7 rings (SSSR count). The summed E-state index contributed by atoms with van der Waals surface area (Å²) >= 11 is 6.66. The number of benzene rings is 3. The number of terminal acetylenes is 1. The summed E-state index contributed by atoms with van der Waals surface area (Å²) in [7, 11) is 4.46. The van der Waals surface area contributed by atoms with Gasteiger partial charge in [-0.25, -0.2) is 4.98 Å². The third kappa shape index (κ3) is 11.4. The molecule has 0 fully saturated rings. The number of hydrogen-bond acceptors (Lipinski definition) is 16. The number of amides is 1. The lowest BCUT2D eigenvalue weighted by atomic mass is 9.90. The van der Waals surface area contributed by atoms with Gasteiger partial charge in [0.1, 0.15) is 55.4 Å². The van der Waals surface area contributed by atoms with Crippen LogP contribution in [0.3, 0.4) is 0 Å². The first kappa shape index (κ1) is 50.9. The standard InChI is InChI=1S/C50H53ClN2O15/c1-8-17-49(58)18-16-32-22-41(46(56)50(32,59)27-54)68-38-15-14-36(52-47(38)51)37(24-43(55)65-26-42(49)66-28-63-25-30-10-12-33(60-5)13-11-30)53-48(57)35-23-34-31(20-39(35)64-19-9-2)21-40(67-29(3)4)45(62-7)44(34)61-6/h1,9-15,20-23,29,37,41-42,46,54,56,58-59H,2,17,19,24-28H2,3-7H3,(H,53,57)/t37-,41+,42-,46-,49-,50+/m1/s1. The molecule has 0 saturated carbocycles. The van der Waals surface area contributed by atoms with Crippen LogP contribution in [0, 0.1) is 24.2 Å². The summed E-state index contributed by atoms with van der Waals surface area (Å²) in [5, 5.41) is 48.8. The number of rotatable bonds is 17. The highest BCUT2D eigenvalue weighted by Gasteiger charge is 2.50. The van der Waals surface area contributed by atoms with Crippen LogP contribution in [0.15, 0.2) is 78.9 Å². The van der Waals surface area contributed by atoms with Gasteiger partial charge in [-0.2, -0.15) is 0 Å². The number of methoxy groups -OCH3 is 3. The molecule has 1 amide bonds. The SMILES string of the molecule is C#CC[C@@]1(O)C#CC2=C[C@H](Oc3ccc(nc3Cl)[C@H](NC(=O)c3cc4c(OC)c(OC)c(OC(C)C)cc4cc3OCC=C)CC(=O)OC[C@H]1OCOCc1ccc(OC)cc1)[C@@H](O)[C@]2(O)CO. The first-order chi connectivity index (χ1) is 32.6. The van der Waals surface area contributed by atoms with E-state index >= 15 is 0 Å². The topological polar surface area (TPSA) is 223 Å². The minimum absolute atomic E-state index is 0.0234. The van der Waals surface area contributed by atoms with E-state index in [0.29, 0.717) is 28.0 Å². The third-order valence-corrected chi connectivity index (χ3v) is 11.2. The fourth-order valence-electron chi connectivity index (χ4n) is 7.42. The van der Waals surface area contributed by atoms with E-state index in [2.05, 4.69) is 34.6 Å². The van der Waals surface area contributed by atoms with Gasteiger partial charge in [0.2, 0.25) is 5.75 Å². The number of hydrogen-bond donors (Lipinski definition) is 5. The van der Waals surface area contributed by atoms with Gasteiger partial charge in [0.25, 0.3) is 5.91 Å². The Labute approximate surface area is 398 Å². The summed E-state index contributed by atoms with van der Waals surface area (Å²) in [5.41, 5.74) is -4.02. The Morgan fingerprint density at radius 1 is 1.09 bits per heavy atom. The van der Waals surface area contributed by atoms with Crippen molar-refractivity contribution in [2.45, 2.75) is 75.0 Å². The van der Waals surface area contributed by atoms with Crippen molar-refractivity contribution in [2.75, 3.05) is 47.9 Å². The summed E-state index contributed by atoms with van der Waals surface area (Å²) in [6, 6.07) is 13.6. The van der Waals surface area contributed by atoms with Gasteiger partial charge in [0.15, 0.2) is 28.0 Å². The summed E-state index contributed by atoms with van der Waals surface area (Å²) in [6.07, 6.45) is 2.60. The van der Waals surface area contributed by atoms with Crippen LogP contribution in [-0.2, 0) is 25.6 Å². The van der Waals surface area contributed by atoms with Gasteiger partial charge in [0.05, 0.1) is 70.8 Å². The molecule has 2 aliphatic heterocycles. The van der Waals surface area contributed by atoms with Crippen LogP contribution < -0.4 is 33.7 Å². The molecule has 5 N–H and O–H groups in total. The second-order valence-electron chi connectivity index (χ2n) is 15.9. The number of nitrogens with zero attached hydrogens (tertiary/aromatic N) is 1. The van der Waals surface area contributed by atoms with Gasteiger partial charge in [0, 0.05) is 11.0 Å². The van der Waals surface area contributed by atoms with Crippen LogP contribution in [0.1, 0.15) is 54.3 Å². The number of carbonyl (C=O) groups excluding carboxylic acids is 2. The molecule has 3 aliphatic rings. The molecule has 4 bridgehead atoms. The van der Waals surface area contributed by atoms with Crippen LogP contribution in [0.2, 0.25) is 5.15 Å². The highest BCUT2D eigenvalue weighted by atomic mass is 35.5. The van der Waals surface area contributed by atoms with E-state index in [0.717, 1.165) is 5.56 Å². The number of halogens is 1. The van der Waals surface area contributed by atoms with Crippen molar-refractivity contribution in [2.24, 2.45) is 0 Å². The number of aliphatic hydroxyl groups excluding tert-OH is 2. The Morgan fingerprint density at radius 2 is 1.82 bits per heavy atom. The highest BCUT2D eigenvalue weighted by Crippen LogP contribution is 2.46. The summed E-state index contributed by atoms with van der Waals surface area (Å²) in [5.74, 6) is 7.67. The van der Waals surface area contributed by atoms with Crippen LogP contribution in [0.4, 0.5) is 0 Å². The number of aliphatic hydroxyl groups is 4. The van der Waals surface area contributed by atoms with E-state index in [1.54, 1.807) is 49.6 Å². The van der Waals surface area contributed by atoms with E-state index in [1.807, 2.05) is 13.8 Å². The number of fused-ring (bicyclic) bond motifs is 10. The lowest BCUT2D eigenvalue weighted by Crippen LogP contribution is -2.49. The van der Waals surface area contributed by atoms with Crippen molar-refractivity contribution in [3.63, 3.8) is 0 Å². The molecular weight excluding hydrogens is 904 g/mol. The number of pyridine rings is 1. The van der Waals surface area contributed by atoms with Crippen LogP contribution in [-0.4, -0.2) is 121 Å². The van der Waals surface area contributed by atoms with Gasteiger partial charge >= 0.3 is 5.97 Å². The van der Waals surface area contributed by atoms with Crippen LogP contribution in [0.25, 0.3) is 10.8 Å². The molecule has 0 radical (unpaired) electrons. The zero-order valence-electron chi connectivity index (χ0n) is 38.1. The average molecular weight is 957 g/mol. The summed E-state index contributed by atoms with van der Waals surface area (Å²) in [4.78, 5) is 33.0. The Kier molecular flexibility index (Phi) is 16.8. The predicted octanol–water partition coefficient (Wildman–Crippen LogP) is 4.77. The van der Waals surface area contributed by atoms with Crippen molar-refractivity contribution >= 4 is 34.2 Å². The van der Waals surface area contributed by atoms with Gasteiger partial charge in [-0.15, -0.1) is 12.3 Å². The number of carbonyl (C=O) groups is 2. The largest absolute Gasteiger partial charge is 0.497 e. The quantitative estimate of drug-likeness (QED) is 0.0240. The van der Waals surface area contributed by atoms with Crippen molar-refractivity contribution in [1.82, 2.24) is 10.3 Å². The number of aromatic nitrogens is 1. The van der Waals surface area contributed by atoms with Crippen molar-refractivity contribution in [1.29, 1.82) is 0 Å². The Morgan fingerprint density at radius 3 is 2.47 bits per heavy atom. The summed E-state index contributed by atoms with van der Waals surface area (Å²) in [6.45, 7) is 5.46. The molecule has 0 saturated heterocycles. The van der Waals surface area contributed by atoms with Crippen LogP contribution >= 0.6 is 11.6 Å². The average Bonchev–Trinajstić information content (AvgIpc) is 3.56. The molecule has 4 aromatic rings. The number of nitrogens with one attached hydrogen (secondary N) is 1. The number of esters is 1. The zero-order valence-corrected chi connectivity index (χ0v) is 38.8. The lowest BCUT2D eigenvalue weighted by molar-refractivity contribution is -0.175. The second kappa shape index (κ2) is 22.5. The number of ether oxygens (including phenoxy) is 9. The molecule has 6 atom stereocenters. The molecule has 1 aromatic heterocycles. The highest BCUT2D eigenvalue weighted by molar-refractivity contribution is 6.30. The molecule has 18 heteroatoms. The third-order valence-electron chi connectivity index (χ3n) is 11.0. The zero-order chi connectivity index (χ0) is 49.2. The van der Waals surface area contributed by atoms with Gasteiger partial charge in [-0.3, -0.25) is 9.59 Å². The molecule has 68 heavy (non-hydrogen) atoms. The minimum atomic E-state index is -2.37. The van der Waals surface area contributed by atoms with Gasteiger partial charge in [-0.05, 0) is 73.3 Å². The Hall–Kier alpha value is -6.54. The normalized spacial score (nSPS) is 22.4. The second-order valence-corrected chi connectivity index (χ2v) is 16.3. The molecule has 0 unspecified atom stereocenters. The molecular formula is C50H53ClN2O15. The van der Waals surface area contributed by atoms with Crippen molar-refractivity contribution in [3.8, 4) is 58.7 Å². The van der Waals surface area contributed by atoms with E-state index in [9.17, 15) is 30.0 Å². The van der Waals surface area contributed by atoms with E-state index < -0.39 is 80.3 Å². The Bertz CT molecular complexity index is 2620. The maximum absolute atomic E-state index is 14.6. The molecule has 0 spiro atoms. The lowest BCUT2D eigenvalue weighted by Gasteiger charge is -2.31. The van der Waals surface area contributed by atoms with E-state index in [4.69, 9.17) is 60.7 Å². The fourth-order valence-corrected chi connectivity index (χ4v) is 7.63. The molecule has 3 aromatic carbocycles. The smallest absolute Gasteiger partial charge is 0.308 e. The van der Waals surface area contributed by atoms with Crippen molar-refractivity contribution in [3.05, 3.63) is 101 Å². The van der Waals surface area contributed by atoms with Gasteiger partial charge < -0.3 is 68.4 Å². The predicted molar refractivity (Wildman–Crippen MR) is 248 cm³/mol. The van der Waals surface area contributed by atoms with Crippen molar-refractivity contribution < 1.29 is 72.6 Å². The Balaban J connectivity index is 1.39. The maximum Gasteiger partial charge on any atom is 0.308 e. The maximum atomic E-state index is 14.6. The molecule has 17 nitrogen and oxygen atoms in total. The minimum Gasteiger partial charge on any atom is -0.497 e. The fraction of sp³-hybridized carbons (Fsp3) is 0.380. The van der Waals surface area contributed by atoms with Crippen LogP contribution in [0.5, 0.6) is 34.5 Å². The van der Waals surface area contributed by atoms with E-state index in [-0.39, 0.29) is 58.5 Å². The first-order valence-corrected chi connectivity index (χ1v) is 21.7. The first-order valence-electron chi connectivity index (χ1n) is 21.3. The van der Waals surface area contributed by atoms with E-state index in [1.165, 1.54) is 38.5 Å².